The Kier molecular flexibility index (Phi) is 11.6. The van der Waals surface area contributed by atoms with Gasteiger partial charge in [-0.2, -0.15) is 0 Å². The van der Waals surface area contributed by atoms with Crippen LogP contribution in [0.15, 0.2) is 18.2 Å². The van der Waals surface area contributed by atoms with Crippen molar-refractivity contribution in [3.8, 4) is 11.5 Å². The third-order valence-electron chi connectivity index (χ3n) is 5.20. The Bertz CT molecular complexity index is 545. The Balaban J connectivity index is 2.48. The van der Waals surface area contributed by atoms with E-state index in [-0.39, 0.29) is 6.61 Å². The molecule has 0 spiro atoms. The molecule has 0 aromatic heterocycles. The van der Waals surface area contributed by atoms with E-state index in [1.807, 2.05) is 12.1 Å². The van der Waals surface area contributed by atoms with Gasteiger partial charge in [-0.05, 0) is 55.2 Å². The molecule has 0 amide bonds. The predicted octanol–water partition coefficient (Wildman–Crippen LogP) is 5.35. The fourth-order valence-electron chi connectivity index (χ4n) is 3.63. The second kappa shape index (κ2) is 13.1. The maximum atomic E-state index is 9.69. The van der Waals surface area contributed by atoms with Gasteiger partial charge in [0.1, 0.15) is 0 Å². The molecular weight excluding hydrogens is 350 g/mol. The summed E-state index contributed by atoms with van der Waals surface area (Å²) in [5.41, 5.74) is 7.01. The second-order valence-electron chi connectivity index (χ2n) is 9.05. The number of aryl methyl sites for hydroxylation is 1. The highest BCUT2D eigenvalue weighted by Gasteiger charge is 2.25. The highest BCUT2D eigenvalue weighted by Crippen LogP contribution is 2.30. The third-order valence-corrected chi connectivity index (χ3v) is 5.20. The van der Waals surface area contributed by atoms with E-state index >= 15 is 0 Å². The lowest BCUT2D eigenvalue weighted by molar-refractivity contribution is 0.165. The number of hydrogen-bond acceptors (Lipinski definition) is 4. The summed E-state index contributed by atoms with van der Waals surface area (Å²) >= 11 is 0. The number of benzene rings is 1. The number of unbranched alkanes of at least 4 members (excludes halogenated alkanes) is 3. The summed E-state index contributed by atoms with van der Waals surface area (Å²) in [5, 5.41) is 9.69. The van der Waals surface area contributed by atoms with Crippen molar-refractivity contribution in [2.45, 2.75) is 84.6 Å². The molecule has 1 rings (SSSR count). The summed E-state index contributed by atoms with van der Waals surface area (Å²) in [6, 6.07) is 6.10. The molecule has 0 unspecified atom stereocenters. The maximum Gasteiger partial charge on any atom is 0.161 e. The van der Waals surface area contributed by atoms with E-state index in [9.17, 15) is 5.11 Å². The van der Waals surface area contributed by atoms with E-state index in [2.05, 4.69) is 33.8 Å². The van der Waals surface area contributed by atoms with Gasteiger partial charge in [0.15, 0.2) is 11.5 Å². The molecule has 0 fully saturated rings. The molecule has 0 saturated heterocycles. The summed E-state index contributed by atoms with van der Waals surface area (Å²) in [7, 11) is 1.68. The van der Waals surface area contributed by atoms with Gasteiger partial charge >= 0.3 is 0 Å². The van der Waals surface area contributed by atoms with Crippen LogP contribution in [-0.2, 0) is 6.42 Å². The molecule has 0 bridgehead atoms. The van der Waals surface area contributed by atoms with E-state index in [1.165, 1.54) is 25.7 Å². The van der Waals surface area contributed by atoms with Gasteiger partial charge in [0.25, 0.3) is 0 Å². The highest BCUT2D eigenvalue weighted by molar-refractivity contribution is 5.43. The Morgan fingerprint density at radius 3 is 2.32 bits per heavy atom. The van der Waals surface area contributed by atoms with E-state index in [0.717, 1.165) is 55.3 Å². The first-order valence-electron chi connectivity index (χ1n) is 11.0. The van der Waals surface area contributed by atoms with Crippen LogP contribution in [-0.4, -0.2) is 31.0 Å². The number of hydrogen-bond donors (Lipinski definition) is 2. The van der Waals surface area contributed by atoms with E-state index in [1.54, 1.807) is 7.11 Å². The van der Waals surface area contributed by atoms with Crippen LogP contribution in [0.4, 0.5) is 0 Å². The summed E-state index contributed by atoms with van der Waals surface area (Å²) in [6.45, 7) is 9.57. The maximum absolute atomic E-state index is 9.69. The zero-order valence-electron chi connectivity index (χ0n) is 18.8. The van der Waals surface area contributed by atoms with Crippen LogP contribution in [0.2, 0.25) is 0 Å². The average molecular weight is 394 g/mol. The molecule has 162 valence electrons. The lowest BCUT2D eigenvalue weighted by Gasteiger charge is -2.29. The van der Waals surface area contributed by atoms with Gasteiger partial charge in [0, 0.05) is 5.54 Å². The van der Waals surface area contributed by atoms with Gasteiger partial charge < -0.3 is 20.3 Å². The summed E-state index contributed by atoms with van der Waals surface area (Å²) in [6.07, 6.45) is 8.57. The molecule has 0 aliphatic rings. The van der Waals surface area contributed by atoms with Crippen LogP contribution in [0.3, 0.4) is 0 Å². The Morgan fingerprint density at radius 2 is 1.71 bits per heavy atom. The number of rotatable bonds is 15. The van der Waals surface area contributed by atoms with Crippen molar-refractivity contribution in [3.63, 3.8) is 0 Å². The van der Waals surface area contributed by atoms with Crippen LogP contribution in [0.25, 0.3) is 0 Å². The number of aliphatic hydroxyl groups excluding tert-OH is 1. The van der Waals surface area contributed by atoms with Crippen LogP contribution >= 0.6 is 0 Å². The molecule has 1 aromatic rings. The minimum atomic E-state index is -0.522. The summed E-state index contributed by atoms with van der Waals surface area (Å²) in [4.78, 5) is 0. The van der Waals surface area contributed by atoms with Crippen LogP contribution in [0, 0.1) is 11.8 Å². The van der Waals surface area contributed by atoms with Gasteiger partial charge in [-0.15, -0.1) is 0 Å². The largest absolute Gasteiger partial charge is 0.493 e. The molecule has 0 radical (unpaired) electrons. The first-order valence-corrected chi connectivity index (χ1v) is 11.0. The monoisotopic (exact) mass is 393 g/mol. The number of nitrogens with two attached hydrogens (primary N) is 1. The van der Waals surface area contributed by atoms with Gasteiger partial charge in [-0.3, -0.25) is 0 Å². The number of ether oxygens (including phenoxy) is 2. The number of aliphatic hydroxyl groups is 1. The molecule has 4 nitrogen and oxygen atoms in total. The first-order chi connectivity index (χ1) is 13.3. The molecule has 3 N–H and O–H groups in total. The minimum absolute atomic E-state index is 0.0146. The Hall–Kier alpha value is -1.26. The zero-order chi connectivity index (χ0) is 21.0. The van der Waals surface area contributed by atoms with Crippen LogP contribution in [0.1, 0.15) is 78.2 Å². The van der Waals surface area contributed by atoms with Crippen molar-refractivity contribution >= 4 is 0 Å². The Morgan fingerprint density at radius 1 is 1.00 bits per heavy atom. The van der Waals surface area contributed by atoms with Crippen LogP contribution in [0.5, 0.6) is 11.5 Å². The quantitative estimate of drug-likeness (QED) is 0.394. The standard InChI is InChI=1S/C24H43NO3/c1-19(2)10-8-6-7-9-15-28-22-12-11-21(16-23(22)27-5)13-14-24(25,18-26)17-20(3)4/h11-12,16,19-20,26H,6-10,13-15,17-18,25H2,1-5H3/t24-/m0/s1. The smallest absolute Gasteiger partial charge is 0.161 e. The van der Waals surface area contributed by atoms with E-state index < -0.39 is 5.54 Å². The molecule has 0 heterocycles. The number of methoxy groups -OCH3 is 1. The van der Waals surface area contributed by atoms with Crippen molar-refractivity contribution in [2.75, 3.05) is 20.3 Å². The van der Waals surface area contributed by atoms with Crippen molar-refractivity contribution in [1.29, 1.82) is 0 Å². The van der Waals surface area contributed by atoms with Gasteiger partial charge in [0.05, 0.1) is 20.3 Å². The van der Waals surface area contributed by atoms with Gasteiger partial charge in [0.2, 0.25) is 0 Å². The van der Waals surface area contributed by atoms with E-state index in [4.69, 9.17) is 15.2 Å². The molecule has 0 saturated carbocycles. The highest BCUT2D eigenvalue weighted by atomic mass is 16.5. The van der Waals surface area contributed by atoms with Crippen molar-refractivity contribution < 1.29 is 14.6 Å². The predicted molar refractivity (Wildman–Crippen MR) is 118 cm³/mol. The molecular formula is C24H43NO3. The van der Waals surface area contributed by atoms with Crippen molar-refractivity contribution in [1.82, 2.24) is 0 Å². The molecule has 0 aliphatic heterocycles. The molecule has 28 heavy (non-hydrogen) atoms. The lowest BCUT2D eigenvalue weighted by atomic mass is 9.85. The molecule has 4 heteroatoms. The van der Waals surface area contributed by atoms with Gasteiger partial charge in [-0.25, -0.2) is 0 Å². The lowest BCUT2D eigenvalue weighted by Crippen LogP contribution is -2.45. The SMILES string of the molecule is COc1cc(CC[C@@](N)(CO)CC(C)C)ccc1OCCCCCCC(C)C. The van der Waals surface area contributed by atoms with Crippen molar-refractivity contribution in [2.24, 2.45) is 17.6 Å². The minimum Gasteiger partial charge on any atom is -0.493 e. The third kappa shape index (κ3) is 9.79. The average Bonchev–Trinajstić information content (AvgIpc) is 2.65. The molecule has 1 atom stereocenters. The first kappa shape index (κ1) is 24.8. The fourth-order valence-corrected chi connectivity index (χ4v) is 3.63. The molecule has 0 aliphatic carbocycles. The summed E-state index contributed by atoms with van der Waals surface area (Å²) in [5.74, 6) is 2.84. The van der Waals surface area contributed by atoms with E-state index in [0.29, 0.717) is 5.92 Å². The van der Waals surface area contributed by atoms with Gasteiger partial charge in [-0.1, -0.05) is 59.4 Å². The second-order valence-corrected chi connectivity index (χ2v) is 9.05. The normalized spacial score (nSPS) is 13.8. The zero-order valence-corrected chi connectivity index (χ0v) is 18.8. The Labute approximate surface area is 172 Å². The van der Waals surface area contributed by atoms with Crippen molar-refractivity contribution in [3.05, 3.63) is 23.8 Å². The van der Waals surface area contributed by atoms with Crippen LogP contribution < -0.4 is 15.2 Å². The summed E-state index contributed by atoms with van der Waals surface area (Å²) < 4.78 is 11.5. The fraction of sp³-hybridized carbons (Fsp3) is 0.750. The topological polar surface area (TPSA) is 64.7 Å². The molecule has 1 aromatic carbocycles.